The Kier molecular flexibility index (Phi) is 4.24. The summed E-state index contributed by atoms with van der Waals surface area (Å²) < 4.78 is 42.3. The van der Waals surface area contributed by atoms with Crippen LogP contribution in [0.15, 0.2) is 54.6 Å². The van der Waals surface area contributed by atoms with Crippen molar-refractivity contribution in [2.45, 2.75) is 6.18 Å². The number of halogens is 3. The van der Waals surface area contributed by atoms with Crippen LogP contribution in [0.25, 0.3) is 0 Å². The van der Waals surface area contributed by atoms with Gasteiger partial charge < -0.3 is 10.1 Å². The smallest absolute Gasteiger partial charge is 0.441 e. The van der Waals surface area contributed by atoms with E-state index in [1.54, 1.807) is 24.3 Å². The number of alkyl halides is 3. The molecule has 0 radical (unpaired) electrons. The fourth-order valence-electron chi connectivity index (χ4n) is 1.43. The zero-order chi connectivity index (χ0) is 14.6. The van der Waals surface area contributed by atoms with Gasteiger partial charge in [-0.2, -0.15) is 13.2 Å². The topological polar surface area (TPSA) is 21.3 Å². The molecule has 20 heavy (non-hydrogen) atoms. The highest BCUT2D eigenvalue weighted by atomic mass is 32.1. The maximum Gasteiger partial charge on any atom is 0.441 e. The first-order valence-electron chi connectivity index (χ1n) is 5.66. The Morgan fingerprint density at radius 1 is 0.900 bits per heavy atom. The fourth-order valence-corrected chi connectivity index (χ4v) is 1.55. The molecule has 1 N–H and O–H groups in total. The van der Waals surface area contributed by atoms with Crippen LogP contribution in [0.5, 0.6) is 11.5 Å². The summed E-state index contributed by atoms with van der Waals surface area (Å²) in [7, 11) is 0. The van der Waals surface area contributed by atoms with E-state index >= 15 is 0 Å². The van der Waals surface area contributed by atoms with Gasteiger partial charge in [-0.25, -0.2) is 0 Å². The van der Waals surface area contributed by atoms with E-state index in [2.05, 4.69) is 17.5 Å². The number of nitrogens with one attached hydrogen (secondary N) is 1. The molecular weight excluding hydrogens is 287 g/mol. The first-order valence-corrected chi connectivity index (χ1v) is 6.07. The number of hydrogen-bond donors (Lipinski definition) is 1. The molecule has 0 fully saturated rings. The van der Waals surface area contributed by atoms with Crippen molar-refractivity contribution >= 4 is 22.9 Å². The predicted octanol–water partition coefficient (Wildman–Crippen LogP) is 4.78. The highest BCUT2D eigenvalue weighted by Gasteiger charge is 2.34. The summed E-state index contributed by atoms with van der Waals surface area (Å²) in [6, 6.07) is 15.1. The van der Waals surface area contributed by atoms with Gasteiger partial charge in [-0.05, 0) is 36.4 Å². The molecule has 0 unspecified atom stereocenters. The quantitative estimate of drug-likeness (QED) is 0.824. The fraction of sp³-hybridized carbons (Fsp3) is 0.0714. The van der Waals surface area contributed by atoms with Crippen molar-refractivity contribution < 1.29 is 17.9 Å². The summed E-state index contributed by atoms with van der Waals surface area (Å²) >= 11 is 4.24. The number of rotatable bonds is 3. The third kappa shape index (κ3) is 3.96. The molecule has 0 aliphatic rings. The van der Waals surface area contributed by atoms with Gasteiger partial charge >= 0.3 is 6.18 Å². The van der Waals surface area contributed by atoms with Crippen molar-refractivity contribution in [1.82, 2.24) is 0 Å². The number of thiocarbonyl (C=S) groups is 1. The number of anilines is 1. The Labute approximate surface area is 119 Å². The molecular formula is C14H10F3NOS. The van der Waals surface area contributed by atoms with E-state index in [9.17, 15) is 13.2 Å². The average molecular weight is 297 g/mol. The highest BCUT2D eigenvalue weighted by molar-refractivity contribution is 7.80. The Morgan fingerprint density at radius 3 is 2.00 bits per heavy atom. The van der Waals surface area contributed by atoms with Gasteiger partial charge in [0.05, 0.1) is 0 Å². The normalized spacial score (nSPS) is 10.9. The SMILES string of the molecule is FC(F)(F)C(=S)Nc1ccc(Oc2ccccc2)cc1. The molecule has 6 heteroatoms. The van der Waals surface area contributed by atoms with Gasteiger partial charge in [0.1, 0.15) is 11.5 Å². The number of ether oxygens (including phenoxy) is 1. The van der Waals surface area contributed by atoms with Crippen LogP contribution in [0.3, 0.4) is 0 Å². The van der Waals surface area contributed by atoms with Crippen LogP contribution in [-0.2, 0) is 0 Å². The van der Waals surface area contributed by atoms with Crippen molar-refractivity contribution in [2.75, 3.05) is 5.32 Å². The summed E-state index contributed by atoms with van der Waals surface area (Å²) in [5.41, 5.74) is 0.257. The van der Waals surface area contributed by atoms with Crippen molar-refractivity contribution in [3.8, 4) is 11.5 Å². The molecule has 104 valence electrons. The van der Waals surface area contributed by atoms with E-state index < -0.39 is 11.2 Å². The number of hydrogen-bond acceptors (Lipinski definition) is 2. The molecule has 2 nitrogen and oxygen atoms in total. The number of para-hydroxylation sites is 1. The van der Waals surface area contributed by atoms with Crippen LogP contribution in [-0.4, -0.2) is 11.2 Å². The number of benzene rings is 2. The van der Waals surface area contributed by atoms with Gasteiger partial charge in [-0.15, -0.1) is 0 Å². The van der Waals surface area contributed by atoms with Gasteiger partial charge in [-0.3, -0.25) is 0 Å². The third-order valence-corrected chi connectivity index (χ3v) is 2.68. The summed E-state index contributed by atoms with van der Waals surface area (Å²) in [4.78, 5) is -1.17. The summed E-state index contributed by atoms with van der Waals surface area (Å²) in [6.07, 6.45) is -4.53. The molecule has 0 saturated heterocycles. The van der Waals surface area contributed by atoms with Gasteiger partial charge in [0.15, 0.2) is 4.99 Å². The summed E-state index contributed by atoms with van der Waals surface area (Å²) in [6.45, 7) is 0. The standard InChI is InChI=1S/C14H10F3NOS/c15-14(16,17)13(20)18-10-6-8-12(9-7-10)19-11-4-2-1-3-5-11/h1-9H,(H,18,20). The second-order valence-electron chi connectivity index (χ2n) is 3.89. The molecule has 0 aliphatic carbocycles. The average Bonchev–Trinajstić information content (AvgIpc) is 2.41. The van der Waals surface area contributed by atoms with E-state index in [4.69, 9.17) is 4.74 Å². The van der Waals surface area contributed by atoms with Crippen molar-refractivity contribution in [3.05, 3.63) is 54.6 Å². The highest BCUT2D eigenvalue weighted by Crippen LogP contribution is 2.24. The lowest BCUT2D eigenvalue weighted by Crippen LogP contribution is -2.27. The third-order valence-electron chi connectivity index (χ3n) is 2.35. The minimum absolute atomic E-state index is 0.257. The first kappa shape index (κ1) is 14.3. The largest absolute Gasteiger partial charge is 0.457 e. The van der Waals surface area contributed by atoms with Gasteiger partial charge in [-0.1, -0.05) is 30.4 Å². The minimum Gasteiger partial charge on any atom is -0.457 e. The molecule has 0 atom stereocenters. The second kappa shape index (κ2) is 5.92. The summed E-state index contributed by atoms with van der Waals surface area (Å²) in [5.74, 6) is 1.18. The predicted molar refractivity (Wildman–Crippen MR) is 75.2 cm³/mol. The van der Waals surface area contributed by atoms with Crippen LogP contribution < -0.4 is 10.1 Å². The minimum atomic E-state index is -4.53. The Balaban J connectivity index is 2.02. The molecule has 0 heterocycles. The van der Waals surface area contributed by atoms with E-state index in [0.717, 1.165) is 0 Å². The van der Waals surface area contributed by atoms with Crippen molar-refractivity contribution in [2.24, 2.45) is 0 Å². The van der Waals surface area contributed by atoms with Gasteiger partial charge in [0.25, 0.3) is 0 Å². The zero-order valence-corrected chi connectivity index (χ0v) is 11.0. The maximum absolute atomic E-state index is 12.3. The molecule has 0 aliphatic heterocycles. The second-order valence-corrected chi connectivity index (χ2v) is 4.30. The molecule has 0 spiro atoms. The van der Waals surface area contributed by atoms with Crippen LogP contribution in [0.4, 0.5) is 18.9 Å². The lowest BCUT2D eigenvalue weighted by atomic mass is 10.3. The molecule has 0 amide bonds. The zero-order valence-electron chi connectivity index (χ0n) is 10.1. The van der Waals surface area contributed by atoms with Crippen LogP contribution in [0.1, 0.15) is 0 Å². The Morgan fingerprint density at radius 2 is 1.45 bits per heavy atom. The first-order chi connectivity index (χ1) is 9.45. The molecule has 0 bridgehead atoms. The molecule has 2 rings (SSSR count). The monoisotopic (exact) mass is 297 g/mol. The van der Waals surface area contributed by atoms with E-state index in [1.807, 2.05) is 18.2 Å². The molecule has 2 aromatic carbocycles. The molecule has 0 saturated carbocycles. The molecule has 2 aromatic rings. The van der Waals surface area contributed by atoms with E-state index in [1.165, 1.54) is 12.1 Å². The van der Waals surface area contributed by atoms with E-state index in [0.29, 0.717) is 11.5 Å². The summed E-state index contributed by atoms with van der Waals surface area (Å²) in [5, 5.41) is 2.12. The van der Waals surface area contributed by atoms with Crippen molar-refractivity contribution in [3.63, 3.8) is 0 Å². The van der Waals surface area contributed by atoms with Crippen molar-refractivity contribution in [1.29, 1.82) is 0 Å². The van der Waals surface area contributed by atoms with Crippen LogP contribution in [0.2, 0.25) is 0 Å². The van der Waals surface area contributed by atoms with Crippen LogP contribution in [0, 0.1) is 0 Å². The molecule has 0 aromatic heterocycles. The lowest BCUT2D eigenvalue weighted by Gasteiger charge is -2.11. The Bertz CT molecular complexity index is 582. The van der Waals surface area contributed by atoms with E-state index in [-0.39, 0.29) is 5.69 Å². The Hall–Kier alpha value is -2.08. The van der Waals surface area contributed by atoms with Gasteiger partial charge in [0.2, 0.25) is 0 Å². The lowest BCUT2D eigenvalue weighted by molar-refractivity contribution is -0.0562. The van der Waals surface area contributed by atoms with Gasteiger partial charge in [0, 0.05) is 5.69 Å². The van der Waals surface area contributed by atoms with Crippen LogP contribution >= 0.6 is 12.2 Å². The maximum atomic E-state index is 12.3.